The highest BCUT2D eigenvalue weighted by molar-refractivity contribution is 9.10. The van der Waals surface area contributed by atoms with Gasteiger partial charge in [0.15, 0.2) is 4.80 Å². The third-order valence-electron chi connectivity index (χ3n) is 3.89. The lowest BCUT2D eigenvalue weighted by Crippen LogP contribution is -2.22. The maximum atomic E-state index is 12.6. The van der Waals surface area contributed by atoms with Crippen molar-refractivity contribution in [1.29, 1.82) is 0 Å². The monoisotopic (exact) mass is 462 g/mol. The Kier molecular flexibility index (Phi) is 6.05. The van der Waals surface area contributed by atoms with Gasteiger partial charge in [0, 0.05) is 10.0 Å². The average molecular weight is 463 g/mol. The molecule has 0 saturated heterocycles. The average Bonchev–Trinajstić information content (AvgIpc) is 3.03. The summed E-state index contributed by atoms with van der Waals surface area (Å²) in [7, 11) is 2.59. The minimum Gasteiger partial charge on any atom is -0.468 e. The molecule has 2 aromatic carbocycles. The van der Waals surface area contributed by atoms with Crippen molar-refractivity contribution in [3.05, 3.63) is 62.9 Å². The Morgan fingerprint density at radius 2 is 1.86 bits per heavy atom. The molecule has 0 aliphatic rings. The predicted molar refractivity (Wildman–Crippen MR) is 107 cm³/mol. The van der Waals surface area contributed by atoms with Crippen molar-refractivity contribution in [1.82, 2.24) is 4.57 Å². The van der Waals surface area contributed by atoms with Crippen molar-refractivity contribution >= 4 is 55.3 Å². The lowest BCUT2D eigenvalue weighted by molar-refractivity contribution is -0.141. The Balaban J connectivity index is 2.15. The molecular formula is C19H15BrN2O5S. The summed E-state index contributed by atoms with van der Waals surface area (Å²) >= 11 is 4.52. The first-order valence-electron chi connectivity index (χ1n) is 8.06. The summed E-state index contributed by atoms with van der Waals surface area (Å²) < 4.78 is 12.5. The molecule has 0 spiro atoms. The first-order chi connectivity index (χ1) is 13.4. The standard InChI is InChI=1S/C19H15BrN2O5S/c1-26-16(23)10-22-14-7-6-12(18(25)27-2)9-15(14)28-19(22)21-17(24)11-4-3-5-13(20)8-11/h3-9H,10H2,1-2H3. The van der Waals surface area contributed by atoms with Crippen LogP contribution in [-0.4, -0.2) is 36.6 Å². The van der Waals surface area contributed by atoms with Crippen LogP contribution < -0.4 is 4.80 Å². The second kappa shape index (κ2) is 8.49. The third-order valence-corrected chi connectivity index (χ3v) is 5.42. The quantitative estimate of drug-likeness (QED) is 0.555. The summed E-state index contributed by atoms with van der Waals surface area (Å²) in [6, 6.07) is 11.8. The fourth-order valence-corrected chi connectivity index (χ4v) is 3.99. The van der Waals surface area contributed by atoms with Crippen LogP contribution in [0.5, 0.6) is 0 Å². The lowest BCUT2D eigenvalue weighted by Gasteiger charge is -2.04. The first-order valence-corrected chi connectivity index (χ1v) is 9.67. The molecule has 3 aromatic rings. The zero-order valence-corrected chi connectivity index (χ0v) is 17.4. The Morgan fingerprint density at radius 1 is 1.07 bits per heavy atom. The Morgan fingerprint density at radius 3 is 2.54 bits per heavy atom. The Hall–Kier alpha value is -2.78. The number of carbonyl (C=O) groups excluding carboxylic acids is 3. The van der Waals surface area contributed by atoms with Crippen LogP contribution in [0.25, 0.3) is 10.2 Å². The molecule has 1 heterocycles. The van der Waals surface area contributed by atoms with E-state index >= 15 is 0 Å². The van der Waals surface area contributed by atoms with Gasteiger partial charge in [0.05, 0.1) is 30.0 Å². The number of hydrogen-bond acceptors (Lipinski definition) is 6. The molecule has 144 valence electrons. The van der Waals surface area contributed by atoms with Gasteiger partial charge in [-0.1, -0.05) is 33.3 Å². The third kappa shape index (κ3) is 4.20. The van der Waals surface area contributed by atoms with Gasteiger partial charge in [-0.2, -0.15) is 4.99 Å². The summed E-state index contributed by atoms with van der Waals surface area (Å²) in [6.45, 7) is -0.112. The van der Waals surface area contributed by atoms with Gasteiger partial charge in [-0.15, -0.1) is 0 Å². The van der Waals surface area contributed by atoms with E-state index in [0.717, 1.165) is 4.47 Å². The zero-order chi connectivity index (χ0) is 20.3. The van der Waals surface area contributed by atoms with E-state index in [1.807, 2.05) is 6.07 Å². The van der Waals surface area contributed by atoms with Gasteiger partial charge < -0.3 is 14.0 Å². The van der Waals surface area contributed by atoms with E-state index in [1.165, 1.54) is 25.6 Å². The van der Waals surface area contributed by atoms with Gasteiger partial charge >= 0.3 is 11.9 Å². The van der Waals surface area contributed by atoms with Gasteiger partial charge in [0.1, 0.15) is 6.54 Å². The van der Waals surface area contributed by atoms with Crippen molar-refractivity contribution in [2.24, 2.45) is 4.99 Å². The maximum absolute atomic E-state index is 12.6. The molecule has 1 amide bonds. The summed E-state index contributed by atoms with van der Waals surface area (Å²) in [4.78, 5) is 40.7. The number of hydrogen-bond donors (Lipinski definition) is 0. The Labute approximate surface area is 172 Å². The van der Waals surface area contributed by atoms with E-state index in [2.05, 4.69) is 20.9 Å². The fourth-order valence-electron chi connectivity index (χ4n) is 2.52. The highest BCUT2D eigenvalue weighted by Gasteiger charge is 2.15. The number of nitrogens with zero attached hydrogens (tertiary/aromatic N) is 2. The van der Waals surface area contributed by atoms with E-state index in [9.17, 15) is 14.4 Å². The van der Waals surface area contributed by atoms with Crippen molar-refractivity contribution in [3.63, 3.8) is 0 Å². The largest absolute Gasteiger partial charge is 0.468 e. The number of rotatable bonds is 4. The SMILES string of the molecule is COC(=O)Cn1c(=NC(=O)c2cccc(Br)c2)sc2cc(C(=O)OC)ccc21. The van der Waals surface area contributed by atoms with Crippen LogP contribution in [0.2, 0.25) is 0 Å². The maximum Gasteiger partial charge on any atom is 0.337 e. The Bertz CT molecular complexity index is 1150. The summed E-state index contributed by atoms with van der Waals surface area (Å²) in [5.41, 5.74) is 1.43. The van der Waals surface area contributed by atoms with Crippen LogP contribution in [0.4, 0.5) is 0 Å². The van der Waals surface area contributed by atoms with E-state index in [0.29, 0.717) is 26.1 Å². The van der Waals surface area contributed by atoms with Crippen LogP contribution in [-0.2, 0) is 20.8 Å². The smallest absolute Gasteiger partial charge is 0.337 e. The molecule has 0 aliphatic carbocycles. The second-order valence-corrected chi connectivity index (χ2v) is 7.57. The van der Waals surface area contributed by atoms with Gasteiger partial charge in [-0.05, 0) is 36.4 Å². The summed E-state index contributed by atoms with van der Waals surface area (Å²) in [6.07, 6.45) is 0. The van der Waals surface area contributed by atoms with Gasteiger partial charge in [-0.3, -0.25) is 9.59 Å². The highest BCUT2D eigenvalue weighted by Crippen LogP contribution is 2.20. The minimum atomic E-state index is -0.479. The number of ether oxygens (including phenoxy) is 2. The van der Waals surface area contributed by atoms with Crippen molar-refractivity contribution in [2.45, 2.75) is 6.54 Å². The van der Waals surface area contributed by atoms with E-state index in [4.69, 9.17) is 9.47 Å². The molecule has 9 heteroatoms. The van der Waals surface area contributed by atoms with Crippen molar-refractivity contribution in [2.75, 3.05) is 14.2 Å². The normalized spacial score (nSPS) is 11.5. The number of aromatic nitrogens is 1. The molecule has 3 rings (SSSR count). The predicted octanol–water partition coefficient (Wildman–Crippen LogP) is 3.17. The molecule has 0 bridgehead atoms. The minimum absolute atomic E-state index is 0.112. The number of benzene rings is 2. The second-order valence-electron chi connectivity index (χ2n) is 5.65. The molecule has 0 unspecified atom stereocenters. The molecule has 0 aliphatic heterocycles. The summed E-state index contributed by atoms with van der Waals surface area (Å²) in [5.74, 6) is -1.40. The van der Waals surface area contributed by atoms with Crippen LogP contribution in [0, 0.1) is 0 Å². The highest BCUT2D eigenvalue weighted by atomic mass is 79.9. The van der Waals surface area contributed by atoms with Crippen LogP contribution >= 0.6 is 27.3 Å². The number of esters is 2. The molecule has 7 nitrogen and oxygen atoms in total. The number of halogens is 1. The number of amides is 1. The fraction of sp³-hybridized carbons (Fsp3) is 0.158. The van der Waals surface area contributed by atoms with Crippen LogP contribution in [0.1, 0.15) is 20.7 Å². The molecule has 0 fully saturated rings. The van der Waals surface area contributed by atoms with Crippen molar-refractivity contribution < 1.29 is 23.9 Å². The van der Waals surface area contributed by atoms with E-state index in [1.54, 1.807) is 41.0 Å². The number of carbonyl (C=O) groups is 3. The zero-order valence-electron chi connectivity index (χ0n) is 15.0. The van der Waals surface area contributed by atoms with Gasteiger partial charge in [-0.25, -0.2) is 4.79 Å². The topological polar surface area (TPSA) is 87.0 Å². The van der Waals surface area contributed by atoms with E-state index in [-0.39, 0.29) is 6.54 Å². The van der Waals surface area contributed by atoms with Crippen LogP contribution in [0.15, 0.2) is 51.9 Å². The number of methoxy groups -OCH3 is 2. The molecule has 0 radical (unpaired) electrons. The molecule has 0 saturated carbocycles. The molecule has 28 heavy (non-hydrogen) atoms. The van der Waals surface area contributed by atoms with Gasteiger partial charge in [0.2, 0.25) is 0 Å². The van der Waals surface area contributed by atoms with Crippen LogP contribution in [0.3, 0.4) is 0 Å². The van der Waals surface area contributed by atoms with Gasteiger partial charge in [0.25, 0.3) is 5.91 Å². The molecule has 0 N–H and O–H groups in total. The molecule has 1 aromatic heterocycles. The molecule has 0 atom stereocenters. The lowest BCUT2D eigenvalue weighted by atomic mass is 10.2. The molecular weight excluding hydrogens is 448 g/mol. The van der Waals surface area contributed by atoms with Crippen molar-refractivity contribution in [3.8, 4) is 0 Å². The number of thiazole rings is 1. The first kappa shape index (κ1) is 20.0. The van der Waals surface area contributed by atoms with E-state index < -0.39 is 17.8 Å². The summed E-state index contributed by atoms with van der Waals surface area (Å²) in [5, 5.41) is 0. The number of fused-ring (bicyclic) bond motifs is 1.